The van der Waals surface area contributed by atoms with E-state index in [0.717, 1.165) is 5.56 Å². The molecule has 0 spiro atoms. The van der Waals surface area contributed by atoms with Crippen molar-refractivity contribution in [2.45, 2.75) is 6.92 Å². The fourth-order valence-electron chi connectivity index (χ4n) is 2.03. The molecule has 4 heteroatoms. The van der Waals surface area contributed by atoms with Gasteiger partial charge in [0.2, 0.25) is 5.78 Å². The fraction of sp³-hybridized carbons (Fsp3) is 0.105. The molecule has 0 saturated carbocycles. The minimum absolute atomic E-state index is 0.0233. The lowest BCUT2D eigenvalue weighted by molar-refractivity contribution is 0.104. The maximum atomic E-state index is 12.4. The lowest BCUT2D eigenvalue weighted by atomic mass is 10.0. The summed E-state index contributed by atoms with van der Waals surface area (Å²) in [5.74, 6) is 0.258. The van der Waals surface area contributed by atoms with Crippen molar-refractivity contribution in [1.82, 2.24) is 0 Å². The van der Waals surface area contributed by atoms with E-state index >= 15 is 0 Å². The number of benzene rings is 2. The van der Waals surface area contributed by atoms with E-state index in [-0.39, 0.29) is 18.0 Å². The Kier molecular flexibility index (Phi) is 5.28. The molecule has 2 rings (SSSR count). The molecule has 0 fully saturated rings. The number of aryl methyl sites for hydroxylation is 1. The summed E-state index contributed by atoms with van der Waals surface area (Å²) in [6.45, 7) is 1.87. The zero-order valence-electron chi connectivity index (χ0n) is 12.6. The number of rotatable bonds is 5. The smallest absolute Gasteiger partial charge is 0.203 e. The highest BCUT2D eigenvalue weighted by Gasteiger charge is 2.12. The number of carbonyl (C=O) groups is 1. The summed E-state index contributed by atoms with van der Waals surface area (Å²) < 4.78 is 5.16. The number of nitrogens with zero attached hydrogens (tertiary/aromatic N) is 2. The second-order valence-electron chi connectivity index (χ2n) is 4.88. The lowest BCUT2D eigenvalue weighted by Crippen LogP contribution is -2.02. The predicted octanol–water partition coefficient (Wildman–Crippen LogP) is 3.69. The van der Waals surface area contributed by atoms with E-state index < -0.39 is 0 Å². The molecule has 0 heterocycles. The average Bonchev–Trinajstić information content (AvgIpc) is 2.58. The van der Waals surface area contributed by atoms with Gasteiger partial charge in [-0.15, -0.1) is 0 Å². The maximum Gasteiger partial charge on any atom is 0.203 e. The first-order valence-corrected chi connectivity index (χ1v) is 6.97. The van der Waals surface area contributed by atoms with E-state index in [1.165, 1.54) is 0 Å². The Morgan fingerprint density at radius 3 is 2.52 bits per heavy atom. The summed E-state index contributed by atoms with van der Waals surface area (Å²) in [5.41, 5.74) is 2.24. The molecule has 23 heavy (non-hydrogen) atoms. The second kappa shape index (κ2) is 7.59. The Bertz CT molecular complexity index is 822. The van der Waals surface area contributed by atoms with Gasteiger partial charge >= 0.3 is 0 Å². The molecule has 0 aliphatic carbocycles. The van der Waals surface area contributed by atoms with Gasteiger partial charge in [-0.3, -0.25) is 4.79 Å². The lowest BCUT2D eigenvalue weighted by Gasteiger charge is -2.03. The third-order valence-electron chi connectivity index (χ3n) is 3.14. The summed E-state index contributed by atoms with van der Waals surface area (Å²) >= 11 is 0. The van der Waals surface area contributed by atoms with E-state index in [1.807, 2.05) is 25.1 Å². The standard InChI is InChI=1S/C19H14N2O2/c1-14-3-2-4-16(11-14)19(22)17(13-21)12-15-5-7-18(8-6-15)23-10-9-20/h2-8,11-12H,10H2,1H3/b17-12+. The van der Waals surface area contributed by atoms with Gasteiger partial charge in [0.05, 0.1) is 0 Å². The van der Waals surface area contributed by atoms with Crippen molar-refractivity contribution in [3.05, 3.63) is 70.8 Å². The molecule has 0 unspecified atom stereocenters. The largest absolute Gasteiger partial charge is 0.479 e. The number of nitriles is 2. The Morgan fingerprint density at radius 2 is 1.91 bits per heavy atom. The third-order valence-corrected chi connectivity index (χ3v) is 3.14. The van der Waals surface area contributed by atoms with E-state index in [0.29, 0.717) is 16.9 Å². The number of hydrogen-bond donors (Lipinski definition) is 0. The van der Waals surface area contributed by atoms with E-state index in [4.69, 9.17) is 10.00 Å². The molecule has 0 aliphatic rings. The number of hydrogen-bond acceptors (Lipinski definition) is 4. The van der Waals surface area contributed by atoms with Crippen LogP contribution in [0.3, 0.4) is 0 Å². The molecule has 0 N–H and O–H groups in total. The molecule has 0 amide bonds. The minimum Gasteiger partial charge on any atom is -0.479 e. The molecular formula is C19H14N2O2. The van der Waals surface area contributed by atoms with Crippen molar-refractivity contribution in [3.8, 4) is 17.9 Å². The van der Waals surface area contributed by atoms with Crippen molar-refractivity contribution >= 4 is 11.9 Å². The SMILES string of the molecule is Cc1cccc(C(=O)/C(C#N)=C/c2ccc(OCC#N)cc2)c1. The van der Waals surface area contributed by atoms with Gasteiger partial charge in [0, 0.05) is 5.56 Å². The van der Waals surface area contributed by atoms with E-state index in [1.54, 1.807) is 48.5 Å². The van der Waals surface area contributed by atoms with E-state index in [2.05, 4.69) is 0 Å². The predicted molar refractivity (Wildman–Crippen MR) is 86.6 cm³/mol. The highest BCUT2D eigenvalue weighted by atomic mass is 16.5. The van der Waals surface area contributed by atoms with Crippen LogP contribution < -0.4 is 4.74 Å². The highest BCUT2D eigenvalue weighted by molar-refractivity contribution is 6.14. The summed E-state index contributed by atoms with van der Waals surface area (Å²) in [6.07, 6.45) is 1.54. The van der Waals surface area contributed by atoms with Crippen molar-refractivity contribution in [3.63, 3.8) is 0 Å². The van der Waals surface area contributed by atoms with Crippen LogP contribution in [-0.4, -0.2) is 12.4 Å². The molecule has 4 nitrogen and oxygen atoms in total. The first-order valence-electron chi connectivity index (χ1n) is 6.97. The number of allylic oxidation sites excluding steroid dienone is 1. The maximum absolute atomic E-state index is 12.4. The second-order valence-corrected chi connectivity index (χ2v) is 4.88. The molecule has 0 aromatic heterocycles. The van der Waals surface area contributed by atoms with Crippen molar-refractivity contribution < 1.29 is 9.53 Å². The number of carbonyl (C=O) groups excluding carboxylic acids is 1. The van der Waals surface area contributed by atoms with Crippen LogP contribution in [0, 0.1) is 29.6 Å². The van der Waals surface area contributed by atoms with Gasteiger partial charge in [-0.25, -0.2) is 0 Å². The molecule has 112 valence electrons. The van der Waals surface area contributed by atoms with Crippen LogP contribution in [0.5, 0.6) is 5.75 Å². The Hall–Kier alpha value is -3.37. The van der Waals surface area contributed by atoms with Gasteiger partial charge in [0.25, 0.3) is 0 Å². The monoisotopic (exact) mass is 302 g/mol. The van der Waals surface area contributed by atoms with Crippen molar-refractivity contribution in [2.24, 2.45) is 0 Å². The minimum atomic E-state index is -0.305. The number of Topliss-reactive ketones (excluding diaryl/α,β-unsaturated/α-hetero) is 1. The van der Waals surface area contributed by atoms with Crippen LogP contribution in [0.4, 0.5) is 0 Å². The molecule has 0 saturated heterocycles. The first kappa shape index (κ1) is 16.0. The van der Waals surface area contributed by atoms with Gasteiger partial charge < -0.3 is 4.74 Å². The Labute approximate surface area is 134 Å². The average molecular weight is 302 g/mol. The normalized spacial score (nSPS) is 10.5. The molecule has 2 aromatic carbocycles. The van der Waals surface area contributed by atoms with Crippen LogP contribution in [-0.2, 0) is 0 Å². The van der Waals surface area contributed by atoms with Crippen LogP contribution in [0.2, 0.25) is 0 Å². The van der Waals surface area contributed by atoms with Crippen molar-refractivity contribution in [2.75, 3.05) is 6.61 Å². The summed E-state index contributed by atoms with van der Waals surface area (Å²) in [6, 6.07) is 17.8. The van der Waals surface area contributed by atoms with Crippen LogP contribution in [0.15, 0.2) is 54.1 Å². The topological polar surface area (TPSA) is 73.9 Å². The Morgan fingerprint density at radius 1 is 1.17 bits per heavy atom. The number of ketones is 1. The quantitative estimate of drug-likeness (QED) is 0.479. The number of ether oxygens (including phenoxy) is 1. The molecule has 0 bridgehead atoms. The van der Waals surface area contributed by atoms with Crippen LogP contribution in [0.25, 0.3) is 6.08 Å². The molecular weight excluding hydrogens is 288 g/mol. The fourth-order valence-corrected chi connectivity index (χ4v) is 2.03. The zero-order valence-corrected chi connectivity index (χ0v) is 12.6. The molecule has 2 aromatic rings. The van der Waals surface area contributed by atoms with Gasteiger partial charge in [-0.05, 0) is 36.8 Å². The summed E-state index contributed by atoms with van der Waals surface area (Å²) in [4.78, 5) is 12.4. The van der Waals surface area contributed by atoms with Gasteiger partial charge in [-0.1, -0.05) is 35.9 Å². The van der Waals surface area contributed by atoms with Crippen molar-refractivity contribution in [1.29, 1.82) is 10.5 Å². The highest BCUT2D eigenvalue weighted by Crippen LogP contribution is 2.17. The summed E-state index contributed by atoms with van der Waals surface area (Å²) in [7, 11) is 0. The summed E-state index contributed by atoms with van der Waals surface area (Å²) in [5, 5.41) is 17.7. The Balaban J connectivity index is 2.23. The van der Waals surface area contributed by atoms with Gasteiger partial charge in [0.1, 0.15) is 23.5 Å². The zero-order chi connectivity index (χ0) is 16.7. The third kappa shape index (κ3) is 4.30. The van der Waals surface area contributed by atoms with Gasteiger partial charge in [0.15, 0.2) is 6.61 Å². The van der Waals surface area contributed by atoms with Crippen LogP contribution in [0.1, 0.15) is 21.5 Å². The molecule has 0 aliphatic heterocycles. The van der Waals surface area contributed by atoms with Gasteiger partial charge in [-0.2, -0.15) is 10.5 Å². The molecule has 0 atom stereocenters. The molecule has 0 radical (unpaired) electrons. The van der Waals surface area contributed by atoms with E-state index in [9.17, 15) is 10.1 Å². The first-order chi connectivity index (χ1) is 11.1. The van der Waals surface area contributed by atoms with Crippen LogP contribution >= 0.6 is 0 Å².